The number of fused-ring (bicyclic) bond motifs is 2. The zero-order valence-corrected chi connectivity index (χ0v) is 26.2. The third-order valence-corrected chi connectivity index (χ3v) is 8.88. The molecule has 13 heteroatoms. The lowest BCUT2D eigenvalue weighted by Crippen LogP contribution is -2.61. The SMILES string of the molecule is C[C@@H](OC(C)(C)C)[C@H](NC(=O)C(F)(F)F)C(=O)N1C[C@H]2[C@@H]([C@H]1C(=O)NC(C#N)CCc1cncc3cccc(Cl)c13)C2(C)C. The molecule has 2 aromatic rings. The molecular weight excluding hydrogens is 599 g/mol. The number of hydrogen-bond acceptors (Lipinski definition) is 6. The molecule has 2 N–H and O–H groups in total. The van der Waals surface area contributed by atoms with Gasteiger partial charge in [0.05, 0.1) is 17.8 Å². The molecule has 2 heterocycles. The fourth-order valence-corrected chi connectivity index (χ4v) is 6.70. The van der Waals surface area contributed by atoms with E-state index in [-0.39, 0.29) is 30.2 Å². The summed E-state index contributed by atoms with van der Waals surface area (Å²) in [5.74, 6) is -4.07. The smallest absolute Gasteiger partial charge is 0.370 e. The van der Waals surface area contributed by atoms with Crippen LogP contribution in [-0.2, 0) is 25.5 Å². The summed E-state index contributed by atoms with van der Waals surface area (Å²) >= 11 is 6.42. The Morgan fingerprint density at radius 2 is 1.89 bits per heavy atom. The lowest BCUT2D eigenvalue weighted by atomic mass is 9.98. The van der Waals surface area contributed by atoms with Crippen molar-refractivity contribution in [2.75, 3.05) is 6.54 Å². The van der Waals surface area contributed by atoms with Crippen LogP contribution < -0.4 is 10.6 Å². The largest absolute Gasteiger partial charge is 0.471 e. The van der Waals surface area contributed by atoms with Crippen LogP contribution in [0.15, 0.2) is 30.6 Å². The van der Waals surface area contributed by atoms with E-state index in [9.17, 15) is 32.8 Å². The molecule has 1 unspecified atom stereocenters. The molecule has 2 fully saturated rings. The molecule has 0 radical (unpaired) electrons. The molecule has 9 nitrogen and oxygen atoms in total. The van der Waals surface area contributed by atoms with Gasteiger partial charge in [-0.1, -0.05) is 37.6 Å². The Morgan fingerprint density at radius 3 is 2.50 bits per heavy atom. The molecule has 1 aliphatic heterocycles. The zero-order valence-electron chi connectivity index (χ0n) is 25.5. The molecule has 238 valence electrons. The van der Waals surface area contributed by atoms with Gasteiger partial charge in [-0.2, -0.15) is 18.4 Å². The van der Waals surface area contributed by atoms with E-state index in [0.717, 1.165) is 16.3 Å². The minimum Gasteiger partial charge on any atom is -0.370 e. The summed E-state index contributed by atoms with van der Waals surface area (Å²) in [6.07, 6.45) is -2.41. The van der Waals surface area contributed by atoms with Crippen molar-refractivity contribution in [1.29, 1.82) is 5.26 Å². The minimum atomic E-state index is -5.23. The molecule has 0 bridgehead atoms. The first-order valence-corrected chi connectivity index (χ1v) is 14.8. The van der Waals surface area contributed by atoms with Gasteiger partial charge in [-0.05, 0) is 69.4 Å². The van der Waals surface area contributed by atoms with Gasteiger partial charge in [0.25, 0.3) is 0 Å². The number of ether oxygens (including phenoxy) is 1. The molecule has 1 saturated heterocycles. The number of pyridine rings is 1. The third kappa shape index (κ3) is 6.94. The summed E-state index contributed by atoms with van der Waals surface area (Å²) in [6.45, 7) is 10.4. The van der Waals surface area contributed by atoms with Crippen LogP contribution >= 0.6 is 11.6 Å². The number of alkyl halides is 3. The number of rotatable bonds is 9. The average Bonchev–Trinajstić information content (AvgIpc) is 3.24. The van der Waals surface area contributed by atoms with Gasteiger partial charge in [0, 0.05) is 34.7 Å². The number of aromatic nitrogens is 1. The van der Waals surface area contributed by atoms with Crippen LogP contribution in [0.3, 0.4) is 0 Å². The van der Waals surface area contributed by atoms with E-state index in [4.69, 9.17) is 16.3 Å². The minimum absolute atomic E-state index is 0.0792. The Labute approximate surface area is 259 Å². The van der Waals surface area contributed by atoms with Gasteiger partial charge >= 0.3 is 12.1 Å². The van der Waals surface area contributed by atoms with Gasteiger partial charge in [-0.15, -0.1) is 0 Å². The van der Waals surface area contributed by atoms with E-state index >= 15 is 0 Å². The molecular formula is C31H37ClF3N5O4. The second-order valence-electron chi connectivity index (χ2n) is 13.1. The van der Waals surface area contributed by atoms with Gasteiger partial charge in [-0.25, -0.2) is 0 Å². The van der Waals surface area contributed by atoms with Gasteiger partial charge in [-0.3, -0.25) is 19.4 Å². The van der Waals surface area contributed by atoms with Gasteiger partial charge < -0.3 is 20.3 Å². The summed E-state index contributed by atoms with van der Waals surface area (Å²) in [7, 11) is 0. The first-order valence-electron chi connectivity index (χ1n) is 14.4. The molecule has 1 aromatic carbocycles. The lowest BCUT2D eigenvalue weighted by Gasteiger charge is -2.36. The Bertz CT molecular complexity index is 1480. The zero-order chi connectivity index (χ0) is 32.8. The van der Waals surface area contributed by atoms with Gasteiger partial charge in [0.15, 0.2) is 0 Å². The highest BCUT2D eigenvalue weighted by Gasteiger charge is 2.69. The van der Waals surface area contributed by atoms with Gasteiger partial charge in [0.2, 0.25) is 11.8 Å². The van der Waals surface area contributed by atoms with Crippen LogP contribution in [-0.4, -0.2) is 70.2 Å². The molecule has 6 atom stereocenters. The topological polar surface area (TPSA) is 124 Å². The van der Waals surface area contributed by atoms with Crippen molar-refractivity contribution in [2.24, 2.45) is 17.3 Å². The lowest BCUT2D eigenvalue weighted by molar-refractivity contribution is -0.177. The predicted octanol–water partition coefficient (Wildman–Crippen LogP) is 4.56. The maximum absolute atomic E-state index is 13.8. The first-order chi connectivity index (χ1) is 20.4. The number of benzene rings is 1. The number of likely N-dealkylation sites (tertiary alicyclic amines) is 1. The van der Waals surface area contributed by atoms with Crippen LogP contribution in [0.2, 0.25) is 5.02 Å². The van der Waals surface area contributed by atoms with Crippen molar-refractivity contribution in [3.63, 3.8) is 0 Å². The van der Waals surface area contributed by atoms with E-state index in [1.54, 1.807) is 44.5 Å². The predicted molar refractivity (Wildman–Crippen MR) is 157 cm³/mol. The number of nitriles is 1. The van der Waals surface area contributed by atoms with Crippen molar-refractivity contribution in [2.45, 2.75) is 90.4 Å². The van der Waals surface area contributed by atoms with E-state index in [2.05, 4.69) is 16.4 Å². The second kappa shape index (κ2) is 12.2. The molecule has 2 aliphatic rings. The number of nitrogens with zero attached hydrogens (tertiary/aromatic N) is 3. The Hall–Kier alpha value is -3.43. The number of piperidine rings is 1. The Morgan fingerprint density at radius 1 is 1.20 bits per heavy atom. The second-order valence-corrected chi connectivity index (χ2v) is 13.5. The average molecular weight is 636 g/mol. The van der Waals surface area contributed by atoms with Crippen LogP contribution in [0, 0.1) is 28.6 Å². The Kier molecular flexibility index (Phi) is 9.25. The molecule has 1 saturated carbocycles. The van der Waals surface area contributed by atoms with Crippen LogP contribution in [0.1, 0.15) is 53.5 Å². The number of nitrogens with one attached hydrogen (secondary N) is 2. The van der Waals surface area contributed by atoms with Crippen molar-refractivity contribution in [3.05, 3.63) is 41.2 Å². The summed E-state index contributed by atoms with van der Waals surface area (Å²) in [4.78, 5) is 45.0. The highest BCUT2D eigenvalue weighted by Crippen LogP contribution is 2.65. The van der Waals surface area contributed by atoms with E-state index < -0.39 is 53.7 Å². The number of aryl methyl sites for hydroxylation is 1. The van der Waals surface area contributed by atoms with Gasteiger partial charge in [0.1, 0.15) is 18.1 Å². The van der Waals surface area contributed by atoms with E-state index in [0.29, 0.717) is 11.4 Å². The van der Waals surface area contributed by atoms with Crippen LogP contribution in [0.5, 0.6) is 0 Å². The summed E-state index contributed by atoms with van der Waals surface area (Å²) in [5, 5.41) is 16.6. The fraction of sp³-hybridized carbons (Fsp3) is 0.581. The highest BCUT2D eigenvalue weighted by molar-refractivity contribution is 6.35. The molecule has 3 amide bonds. The number of carbonyl (C=O) groups is 3. The summed E-state index contributed by atoms with van der Waals surface area (Å²) in [5.41, 5.74) is -0.332. The number of halogens is 4. The number of hydrogen-bond donors (Lipinski definition) is 2. The molecule has 44 heavy (non-hydrogen) atoms. The van der Waals surface area contributed by atoms with E-state index in [1.807, 2.05) is 26.0 Å². The molecule has 1 aromatic heterocycles. The standard InChI is InChI=1S/C31H37ClF3N5O4/c1-16(44-29(2,3)4)24(39-28(43)31(33,34)35)27(42)40-15-20-23(30(20,5)6)25(40)26(41)38-19(12-36)11-10-18-14-37-13-17-8-7-9-21(32)22(17)18/h7-9,13-14,16,19-20,23-25H,10-11,15H2,1-6H3,(H,38,41)(H,39,43)/t16-,19?,20+,23+,24+,25+/m1/s1. The van der Waals surface area contributed by atoms with E-state index in [1.165, 1.54) is 11.8 Å². The molecule has 1 aliphatic carbocycles. The monoisotopic (exact) mass is 635 g/mol. The van der Waals surface area contributed by atoms with Crippen molar-refractivity contribution < 1.29 is 32.3 Å². The number of amides is 3. The van der Waals surface area contributed by atoms with Crippen LogP contribution in [0.4, 0.5) is 13.2 Å². The molecule has 4 rings (SSSR count). The maximum atomic E-state index is 13.8. The van der Waals surface area contributed by atoms with Crippen molar-refractivity contribution >= 4 is 40.1 Å². The third-order valence-electron chi connectivity index (χ3n) is 8.56. The normalized spacial score (nSPS) is 22.8. The van der Waals surface area contributed by atoms with Crippen molar-refractivity contribution in [3.8, 4) is 6.07 Å². The quantitative estimate of drug-likeness (QED) is 0.416. The maximum Gasteiger partial charge on any atom is 0.471 e. The molecule has 0 spiro atoms. The highest BCUT2D eigenvalue weighted by atomic mass is 35.5. The van der Waals surface area contributed by atoms with Crippen molar-refractivity contribution in [1.82, 2.24) is 20.5 Å². The Balaban J connectivity index is 1.54. The number of carbonyl (C=O) groups excluding carboxylic acids is 3. The van der Waals surface area contributed by atoms with Crippen LogP contribution in [0.25, 0.3) is 10.8 Å². The summed E-state index contributed by atoms with van der Waals surface area (Å²) < 4.78 is 45.5. The summed E-state index contributed by atoms with van der Waals surface area (Å²) in [6, 6.07) is 3.87. The first kappa shape index (κ1) is 33.5. The fourth-order valence-electron chi connectivity index (χ4n) is 6.40.